The van der Waals surface area contributed by atoms with Gasteiger partial charge in [-0.3, -0.25) is 20.2 Å². The first kappa shape index (κ1) is 18.8. The monoisotopic (exact) mass is 357 g/mol. The van der Waals surface area contributed by atoms with Crippen molar-refractivity contribution in [3.63, 3.8) is 0 Å². The van der Waals surface area contributed by atoms with E-state index in [-0.39, 0.29) is 23.6 Å². The molecular weight excluding hydrogens is 338 g/mol. The molecule has 0 fully saturated rings. The molecule has 2 aromatic rings. The molecule has 2 rings (SSSR count). The zero-order valence-corrected chi connectivity index (χ0v) is 14.6. The molecule has 9 nitrogen and oxygen atoms in total. The van der Waals surface area contributed by atoms with Crippen molar-refractivity contribution in [3.8, 4) is 11.5 Å². The number of nitrogens with one attached hydrogen (secondary N) is 3. The van der Waals surface area contributed by atoms with E-state index in [4.69, 9.17) is 4.74 Å². The Morgan fingerprint density at radius 3 is 2.38 bits per heavy atom. The van der Waals surface area contributed by atoms with Crippen molar-refractivity contribution in [2.75, 3.05) is 10.6 Å². The minimum Gasteiger partial charge on any atom is -0.456 e. The zero-order chi connectivity index (χ0) is 19.1. The van der Waals surface area contributed by atoms with Gasteiger partial charge in [0, 0.05) is 25.1 Å². The number of ether oxygens (including phenoxy) is 1. The molecule has 2 heterocycles. The molecule has 0 aliphatic heterocycles. The van der Waals surface area contributed by atoms with E-state index in [0.717, 1.165) is 0 Å². The van der Waals surface area contributed by atoms with Crippen LogP contribution in [0.25, 0.3) is 0 Å². The average Bonchev–Trinajstić information content (AvgIpc) is 2.56. The Morgan fingerprint density at radius 1 is 1.00 bits per heavy atom. The van der Waals surface area contributed by atoms with E-state index in [9.17, 15) is 14.4 Å². The molecule has 3 N–H and O–H groups in total. The molecule has 0 radical (unpaired) electrons. The molecule has 0 atom stereocenters. The summed E-state index contributed by atoms with van der Waals surface area (Å²) in [6.07, 6.45) is 2.92. The molecule has 0 saturated carbocycles. The molecule has 0 bridgehead atoms. The number of aromatic nitrogens is 2. The molecule has 0 saturated heterocycles. The third-order valence-electron chi connectivity index (χ3n) is 3.01. The highest BCUT2D eigenvalue weighted by Gasteiger charge is 2.11. The number of pyridine rings is 2. The van der Waals surface area contributed by atoms with Gasteiger partial charge in [0.15, 0.2) is 0 Å². The Labute approximate surface area is 150 Å². The van der Waals surface area contributed by atoms with Gasteiger partial charge in [-0.1, -0.05) is 13.8 Å². The van der Waals surface area contributed by atoms with Gasteiger partial charge in [0.2, 0.25) is 11.8 Å². The number of rotatable bonds is 5. The van der Waals surface area contributed by atoms with Crippen LogP contribution in [0, 0.1) is 5.92 Å². The summed E-state index contributed by atoms with van der Waals surface area (Å²) in [5.41, 5.74) is 0. The van der Waals surface area contributed by atoms with Crippen LogP contribution >= 0.6 is 0 Å². The van der Waals surface area contributed by atoms with E-state index in [1.807, 2.05) is 0 Å². The molecule has 2 aromatic heterocycles. The van der Waals surface area contributed by atoms with Crippen molar-refractivity contribution < 1.29 is 19.1 Å². The second-order valence-corrected chi connectivity index (χ2v) is 5.64. The molecule has 0 aliphatic carbocycles. The summed E-state index contributed by atoms with van der Waals surface area (Å²) in [5, 5.41) is 7.21. The van der Waals surface area contributed by atoms with Gasteiger partial charge in [-0.25, -0.2) is 14.8 Å². The minimum atomic E-state index is -0.654. The minimum absolute atomic E-state index is 0.235. The maximum absolute atomic E-state index is 11.7. The number of amides is 4. The van der Waals surface area contributed by atoms with Gasteiger partial charge < -0.3 is 10.1 Å². The fourth-order valence-corrected chi connectivity index (χ4v) is 1.78. The van der Waals surface area contributed by atoms with Gasteiger partial charge in [-0.2, -0.15) is 0 Å². The number of imide groups is 1. The van der Waals surface area contributed by atoms with Crippen LogP contribution in [-0.2, 0) is 9.59 Å². The first-order chi connectivity index (χ1) is 12.3. The number of hydrogen-bond acceptors (Lipinski definition) is 6. The number of carbonyl (C=O) groups is 3. The van der Waals surface area contributed by atoms with Crippen molar-refractivity contribution in [2.45, 2.75) is 20.8 Å². The fraction of sp³-hybridized carbons (Fsp3) is 0.235. The lowest BCUT2D eigenvalue weighted by Gasteiger charge is -2.09. The Balaban J connectivity index is 1.96. The summed E-state index contributed by atoms with van der Waals surface area (Å²) in [6, 6.07) is 5.68. The lowest BCUT2D eigenvalue weighted by molar-refractivity contribution is -0.122. The first-order valence-electron chi connectivity index (χ1n) is 7.83. The van der Waals surface area contributed by atoms with Crippen molar-refractivity contribution in [3.05, 3.63) is 36.7 Å². The van der Waals surface area contributed by atoms with Crippen molar-refractivity contribution in [1.29, 1.82) is 0 Å². The second-order valence-electron chi connectivity index (χ2n) is 5.64. The largest absolute Gasteiger partial charge is 0.456 e. The summed E-state index contributed by atoms with van der Waals surface area (Å²) in [4.78, 5) is 42.2. The summed E-state index contributed by atoms with van der Waals surface area (Å²) in [7, 11) is 0. The van der Waals surface area contributed by atoms with E-state index in [1.165, 1.54) is 25.4 Å². The van der Waals surface area contributed by atoms with Gasteiger partial charge in [0.25, 0.3) is 0 Å². The molecule has 0 unspecified atom stereocenters. The number of anilines is 2. The second kappa shape index (κ2) is 8.56. The van der Waals surface area contributed by atoms with Crippen LogP contribution in [0.2, 0.25) is 0 Å². The van der Waals surface area contributed by atoms with Crippen LogP contribution in [0.3, 0.4) is 0 Å². The summed E-state index contributed by atoms with van der Waals surface area (Å²) in [5.74, 6) is 0.608. The van der Waals surface area contributed by atoms with Crippen LogP contribution in [0.5, 0.6) is 11.5 Å². The lowest BCUT2D eigenvalue weighted by atomic mass is 10.2. The summed E-state index contributed by atoms with van der Waals surface area (Å²) < 4.78 is 5.62. The van der Waals surface area contributed by atoms with E-state index >= 15 is 0 Å². The number of urea groups is 1. The Hall–Kier alpha value is -3.49. The number of carbonyl (C=O) groups excluding carboxylic acids is 3. The SMILES string of the molecule is CC(=O)Nc1cc(Oc2ccc(NC(=O)NC(=O)C(C)C)nc2)ccn1. The van der Waals surface area contributed by atoms with Crippen molar-refractivity contribution in [1.82, 2.24) is 15.3 Å². The van der Waals surface area contributed by atoms with E-state index in [2.05, 4.69) is 25.9 Å². The van der Waals surface area contributed by atoms with Crippen molar-refractivity contribution >= 4 is 29.5 Å². The van der Waals surface area contributed by atoms with Gasteiger partial charge in [-0.05, 0) is 18.2 Å². The Kier molecular flexibility index (Phi) is 6.20. The van der Waals surface area contributed by atoms with Crippen LogP contribution in [0.15, 0.2) is 36.7 Å². The van der Waals surface area contributed by atoms with Gasteiger partial charge >= 0.3 is 6.03 Å². The molecule has 4 amide bonds. The molecule has 136 valence electrons. The normalized spacial score (nSPS) is 10.2. The fourth-order valence-electron chi connectivity index (χ4n) is 1.78. The van der Waals surface area contributed by atoms with Gasteiger partial charge in [-0.15, -0.1) is 0 Å². The maximum atomic E-state index is 11.7. The van der Waals surface area contributed by atoms with E-state index in [1.54, 1.807) is 32.0 Å². The predicted octanol–water partition coefficient (Wildman–Crippen LogP) is 2.53. The first-order valence-corrected chi connectivity index (χ1v) is 7.83. The molecule has 0 spiro atoms. The molecular formula is C17H19N5O4. The highest BCUT2D eigenvalue weighted by Crippen LogP contribution is 2.23. The highest BCUT2D eigenvalue weighted by atomic mass is 16.5. The number of hydrogen-bond donors (Lipinski definition) is 3. The molecule has 0 aliphatic rings. The van der Waals surface area contributed by atoms with Crippen LogP contribution < -0.4 is 20.7 Å². The third-order valence-corrected chi connectivity index (χ3v) is 3.01. The highest BCUT2D eigenvalue weighted by molar-refractivity contribution is 6.01. The summed E-state index contributed by atoms with van der Waals surface area (Å²) >= 11 is 0. The third kappa shape index (κ3) is 5.86. The van der Waals surface area contributed by atoms with Crippen LogP contribution in [0.4, 0.5) is 16.4 Å². The molecule has 26 heavy (non-hydrogen) atoms. The van der Waals surface area contributed by atoms with E-state index in [0.29, 0.717) is 17.3 Å². The standard InChI is InChI=1S/C17H19N5O4/c1-10(2)16(24)22-17(25)21-14-5-4-13(9-19-14)26-12-6-7-18-15(8-12)20-11(3)23/h4-10H,1-3H3,(H,18,20,23)(H2,19,21,22,24,25). The predicted molar refractivity (Wildman–Crippen MR) is 94.9 cm³/mol. The maximum Gasteiger partial charge on any atom is 0.327 e. The van der Waals surface area contributed by atoms with Crippen LogP contribution in [-0.4, -0.2) is 27.8 Å². The van der Waals surface area contributed by atoms with Gasteiger partial charge in [0.1, 0.15) is 23.1 Å². The lowest BCUT2D eigenvalue weighted by Crippen LogP contribution is -2.37. The van der Waals surface area contributed by atoms with E-state index < -0.39 is 6.03 Å². The molecule has 0 aromatic carbocycles. The Morgan fingerprint density at radius 2 is 1.77 bits per heavy atom. The quantitative estimate of drug-likeness (QED) is 0.756. The summed E-state index contributed by atoms with van der Waals surface area (Å²) in [6.45, 7) is 4.75. The van der Waals surface area contributed by atoms with Gasteiger partial charge in [0.05, 0.1) is 6.20 Å². The van der Waals surface area contributed by atoms with Crippen LogP contribution in [0.1, 0.15) is 20.8 Å². The smallest absolute Gasteiger partial charge is 0.327 e. The van der Waals surface area contributed by atoms with Crippen molar-refractivity contribution in [2.24, 2.45) is 5.92 Å². The zero-order valence-electron chi connectivity index (χ0n) is 14.6. The number of nitrogens with zero attached hydrogens (tertiary/aromatic N) is 2. The topological polar surface area (TPSA) is 122 Å². The Bertz CT molecular complexity index is 805. The molecule has 9 heteroatoms. The average molecular weight is 357 g/mol.